The van der Waals surface area contributed by atoms with Crippen LogP contribution in [0.3, 0.4) is 0 Å². The molecule has 78 valence electrons. The zero-order valence-corrected chi connectivity index (χ0v) is 10.7. The van der Waals surface area contributed by atoms with E-state index in [-0.39, 0.29) is 0 Å². The highest BCUT2D eigenvalue weighted by atomic mass is 79.9. The third-order valence-corrected chi connectivity index (χ3v) is 2.90. The normalized spacial score (nSPS) is 11.3. The molecule has 0 amide bonds. The summed E-state index contributed by atoms with van der Waals surface area (Å²) >= 11 is 3.49. The van der Waals surface area contributed by atoms with Gasteiger partial charge < -0.3 is 0 Å². The summed E-state index contributed by atoms with van der Waals surface area (Å²) in [6.07, 6.45) is 0. The average molecular weight is 256 g/mol. The van der Waals surface area contributed by atoms with Crippen LogP contribution < -0.4 is 0 Å². The van der Waals surface area contributed by atoms with E-state index in [2.05, 4.69) is 65.9 Å². The molecule has 0 N–H and O–H groups in total. The van der Waals surface area contributed by atoms with Crippen LogP contribution in [0.1, 0.15) is 26.3 Å². The molecular formula is C12H18BrN. The Labute approximate surface area is 95.2 Å². The Bertz CT molecular complexity index is 283. The van der Waals surface area contributed by atoms with Gasteiger partial charge in [0.15, 0.2) is 0 Å². The maximum Gasteiger partial charge on any atom is 0.0236 e. The van der Waals surface area contributed by atoms with E-state index in [1.54, 1.807) is 0 Å². The molecule has 0 saturated carbocycles. The van der Waals surface area contributed by atoms with Gasteiger partial charge in [0.25, 0.3) is 0 Å². The van der Waals surface area contributed by atoms with Gasteiger partial charge in [-0.3, -0.25) is 4.90 Å². The Morgan fingerprint density at radius 2 is 2.07 bits per heavy atom. The van der Waals surface area contributed by atoms with Crippen LogP contribution in [0.15, 0.2) is 28.7 Å². The van der Waals surface area contributed by atoms with Crippen LogP contribution >= 0.6 is 15.9 Å². The number of hydrogen-bond donors (Lipinski definition) is 0. The van der Waals surface area contributed by atoms with Crippen LogP contribution in [0.2, 0.25) is 0 Å². The lowest BCUT2D eigenvalue weighted by Crippen LogP contribution is -2.29. The van der Waals surface area contributed by atoms with Crippen LogP contribution in [0.4, 0.5) is 0 Å². The van der Waals surface area contributed by atoms with Crippen LogP contribution in [0, 0.1) is 0 Å². The molecule has 0 aliphatic rings. The van der Waals surface area contributed by atoms with Crippen LogP contribution in [-0.4, -0.2) is 17.5 Å². The van der Waals surface area contributed by atoms with Gasteiger partial charge in [-0.15, -0.1) is 0 Å². The van der Waals surface area contributed by atoms with Gasteiger partial charge in [0.2, 0.25) is 0 Å². The molecule has 0 atom stereocenters. The lowest BCUT2D eigenvalue weighted by Gasteiger charge is -2.24. The van der Waals surface area contributed by atoms with Crippen molar-refractivity contribution >= 4 is 15.9 Å². The number of halogens is 1. The van der Waals surface area contributed by atoms with Crippen molar-refractivity contribution in [1.82, 2.24) is 4.90 Å². The quantitative estimate of drug-likeness (QED) is 0.794. The average Bonchev–Trinajstić information content (AvgIpc) is 2.14. The maximum atomic E-state index is 3.49. The standard InChI is InChI=1S/C12H18BrN/c1-4-14(10(2)3)9-11-6-5-7-12(13)8-11/h5-8,10H,4,9H2,1-3H3. The van der Waals surface area contributed by atoms with Gasteiger partial charge in [-0.1, -0.05) is 35.0 Å². The highest BCUT2D eigenvalue weighted by Gasteiger charge is 2.07. The number of benzene rings is 1. The van der Waals surface area contributed by atoms with Crippen LogP contribution in [0.5, 0.6) is 0 Å². The first-order valence-corrected chi connectivity index (χ1v) is 5.91. The van der Waals surface area contributed by atoms with Crippen molar-refractivity contribution in [2.75, 3.05) is 6.54 Å². The Balaban J connectivity index is 2.67. The van der Waals surface area contributed by atoms with Gasteiger partial charge >= 0.3 is 0 Å². The molecule has 1 aromatic rings. The molecule has 0 aliphatic carbocycles. The molecule has 0 bridgehead atoms. The summed E-state index contributed by atoms with van der Waals surface area (Å²) in [5.41, 5.74) is 1.37. The monoisotopic (exact) mass is 255 g/mol. The summed E-state index contributed by atoms with van der Waals surface area (Å²) in [5.74, 6) is 0. The van der Waals surface area contributed by atoms with E-state index in [0.29, 0.717) is 6.04 Å². The lowest BCUT2D eigenvalue weighted by atomic mass is 10.2. The third kappa shape index (κ3) is 3.43. The number of hydrogen-bond acceptors (Lipinski definition) is 1. The Kier molecular flexibility index (Phi) is 4.63. The number of rotatable bonds is 4. The van der Waals surface area contributed by atoms with Crippen molar-refractivity contribution in [3.63, 3.8) is 0 Å². The molecule has 2 heteroatoms. The zero-order chi connectivity index (χ0) is 10.6. The summed E-state index contributed by atoms with van der Waals surface area (Å²) in [6.45, 7) is 8.82. The van der Waals surface area contributed by atoms with Gasteiger partial charge in [0.1, 0.15) is 0 Å². The Hall–Kier alpha value is -0.340. The predicted octanol–water partition coefficient (Wildman–Crippen LogP) is 3.68. The fourth-order valence-corrected chi connectivity index (χ4v) is 1.98. The Morgan fingerprint density at radius 3 is 2.57 bits per heavy atom. The molecule has 0 saturated heterocycles. The lowest BCUT2D eigenvalue weighted by molar-refractivity contribution is 0.225. The smallest absolute Gasteiger partial charge is 0.0236 e. The highest BCUT2D eigenvalue weighted by molar-refractivity contribution is 9.10. The topological polar surface area (TPSA) is 3.24 Å². The van der Waals surface area contributed by atoms with E-state index in [9.17, 15) is 0 Å². The van der Waals surface area contributed by atoms with Crippen molar-refractivity contribution in [1.29, 1.82) is 0 Å². The fraction of sp³-hybridized carbons (Fsp3) is 0.500. The van der Waals surface area contributed by atoms with E-state index in [1.807, 2.05) is 0 Å². The molecule has 1 rings (SSSR count). The van der Waals surface area contributed by atoms with Gasteiger partial charge in [0, 0.05) is 17.1 Å². The highest BCUT2D eigenvalue weighted by Crippen LogP contribution is 2.14. The molecule has 0 aliphatic heterocycles. The summed E-state index contributed by atoms with van der Waals surface area (Å²) in [4.78, 5) is 2.45. The summed E-state index contributed by atoms with van der Waals surface area (Å²) in [7, 11) is 0. The Morgan fingerprint density at radius 1 is 1.36 bits per heavy atom. The molecule has 0 spiro atoms. The first-order chi connectivity index (χ1) is 6.63. The molecular weight excluding hydrogens is 238 g/mol. The van der Waals surface area contributed by atoms with E-state index in [1.165, 1.54) is 5.56 Å². The molecule has 14 heavy (non-hydrogen) atoms. The first kappa shape index (κ1) is 11.7. The van der Waals surface area contributed by atoms with E-state index < -0.39 is 0 Å². The van der Waals surface area contributed by atoms with E-state index in [4.69, 9.17) is 0 Å². The predicted molar refractivity (Wildman–Crippen MR) is 65.4 cm³/mol. The second-order valence-corrected chi connectivity index (χ2v) is 4.70. The largest absolute Gasteiger partial charge is 0.297 e. The third-order valence-electron chi connectivity index (χ3n) is 2.41. The van der Waals surface area contributed by atoms with Crippen LogP contribution in [-0.2, 0) is 6.54 Å². The van der Waals surface area contributed by atoms with Gasteiger partial charge in [-0.05, 0) is 38.1 Å². The fourth-order valence-electron chi connectivity index (χ4n) is 1.53. The van der Waals surface area contributed by atoms with Gasteiger partial charge in [-0.2, -0.15) is 0 Å². The van der Waals surface area contributed by atoms with Crippen LogP contribution in [0.25, 0.3) is 0 Å². The van der Waals surface area contributed by atoms with Crippen molar-refractivity contribution in [3.05, 3.63) is 34.3 Å². The molecule has 0 aromatic heterocycles. The molecule has 1 nitrogen and oxygen atoms in total. The molecule has 0 radical (unpaired) electrons. The maximum absolute atomic E-state index is 3.49. The summed E-state index contributed by atoms with van der Waals surface area (Å²) < 4.78 is 1.16. The minimum Gasteiger partial charge on any atom is -0.297 e. The second kappa shape index (κ2) is 5.52. The molecule has 0 heterocycles. The minimum absolute atomic E-state index is 0.610. The molecule has 0 unspecified atom stereocenters. The first-order valence-electron chi connectivity index (χ1n) is 5.12. The van der Waals surface area contributed by atoms with Gasteiger partial charge in [-0.25, -0.2) is 0 Å². The zero-order valence-electron chi connectivity index (χ0n) is 9.13. The van der Waals surface area contributed by atoms with E-state index in [0.717, 1.165) is 17.6 Å². The van der Waals surface area contributed by atoms with Crippen molar-refractivity contribution < 1.29 is 0 Å². The molecule has 0 fully saturated rings. The summed E-state index contributed by atoms with van der Waals surface area (Å²) in [6, 6.07) is 9.13. The summed E-state index contributed by atoms with van der Waals surface area (Å²) in [5, 5.41) is 0. The number of nitrogens with zero attached hydrogens (tertiary/aromatic N) is 1. The second-order valence-electron chi connectivity index (χ2n) is 3.79. The van der Waals surface area contributed by atoms with Crippen molar-refractivity contribution in [2.45, 2.75) is 33.4 Å². The van der Waals surface area contributed by atoms with Crippen molar-refractivity contribution in [3.8, 4) is 0 Å². The SMILES string of the molecule is CCN(Cc1cccc(Br)c1)C(C)C. The van der Waals surface area contributed by atoms with E-state index >= 15 is 0 Å². The van der Waals surface area contributed by atoms with Gasteiger partial charge in [0.05, 0.1) is 0 Å². The minimum atomic E-state index is 0.610. The van der Waals surface area contributed by atoms with Crippen molar-refractivity contribution in [2.24, 2.45) is 0 Å². The molecule has 1 aromatic carbocycles.